The summed E-state index contributed by atoms with van der Waals surface area (Å²) in [6.45, 7) is 0.966. The number of nitrogens with zero attached hydrogens (tertiary/aromatic N) is 4. The van der Waals surface area contributed by atoms with Gasteiger partial charge in [-0.1, -0.05) is 29.0 Å². The summed E-state index contributed by atoms with van der Waals surface area (Å²) in [6, 6.07) is 6.09. The molecule has 3 heterocycles. The van der Waals surface area contributed by atoms with E-state index in [1.807, 2.05) is 24.5 Å². The third-order valence-electron chi connectivity index (χ3n) is 5.90. The van der Waals surface area contributed by atoms with Crippen molar-refractivity contribution in [2.45, 2.75) is 19.3 Å². The standard InChI is InChI=1S/C24H24ClFN6OS/c1-31(27)13-18(14-2-3-14)16-10-19(25)22(28-12-16)15-6-8-32(9-7-15)24(33)30-23-29-20-5-4-17(26)11-21(20)34-23/h4-6,10-14H,2-3,7-9,27H2,1H3,(H,29,30,33)/b18-13+. The molecule has 0 spiro atoms. The molecule has 0 bridgehead atoms. The van der Waals surface area contributed by atoms with Gasteiger partial charge in [0.2, 0.25) is 0 Å². The highest BCUT2D eigenvalue weighted by atomic mass is 35.5. The van der Waals surface area contributed by atoms with Crippen LogP contribution < -0.4 is 11.2 Å². The lowest BCUT2D eigenvalue weighted by molar-refractivity contribution is 0.217. The molecule has 1 fully saturated rings. The number of nitrogens with two attached hydrogens (primary N) is 1. The molecule has 1 aliphatic heterocycles. The summed E-state index contributed by atoms with van der Waals surface area (Å²) in [7, 11) is 1.80. The Morgan fingerprint density at radius 2 is 2.21 bits per heavy atom. The van der Waals surface area contributed by atoms with Gasteiger partial charge in [-0.2, -0.15) is 0 Å². The van der Waals surface area contributed by atoms with Gasteiger partial charge in [0.25, 0.3) is 0 Å². The van der Waals surface area contributed by atoms with Gasteiger partial charge in [0.1, 0.15) is 5.82 Å². The van der Waals surface area contributed by atoms with Gasteiger partial charge in [-0.3, -0.25) is 10.3 Å². The molecule has 3 N–H and O–H groups in total. The molecule has 0 saturated heterocycles. The van der Waals surface area contributed by atoms with Crippen LogP contribution in [-0.2, 0) is 0 Å². The van der Waals surface area contributed by atoms with E-state index >= 15 is 0 Å². The molecule has 2 aromatic heterocycles. The Kier molecular flexibility index (Phi) is 6.24. The van der Waals surface area contributed by atoms with Crippen LogP contribution in [0.3, 0.4) is 0 Å². The van der Waals surface area contributed by atoms with Gasteiger partial charge in [-0.15, -0.1) is 0 Å². The Balaban J connectivity index is 1.26. The number of allylic oxidation sites excluding steroid dienone is 1. The van der Waals surface area contributed by atoms with Gasteiger partial charge in [-0.25, -0.2) is 20.0 Å². The number of fused-ring (bicyclic) bond motifs is 1. The summed E-state index contributed by atoms with van der Waals surface area (Å²) in [5.74, 6) is 6.01. The Labute approximate surface area is 205 Å². The average Bonchev–Trinajstić information content (AvgIpc) is 3.57. The topological polar surface area (TPSA) is 87.4 Å². The molecule has 5 rings (SSSR count). The van der Waals surface area contributed by atoms with E-state index in [1.54, 1.807) is 23.0 Å². The molecule has 0 unspecified atom stereocenters. The lowest BCUT2D eigenvalue weighted by Gasteiger charge is -2.26. The second kappa shape index (κ2) is 9.32. The first-order valence-corrected chi connectivity index (χ1v) is 12.2. The zero-order valence-electron chi connectivity index (χ0n) is 18.6. The predicted octanol–water partition coefficient (Wildman–Crippen LogP) is 5.36. The Bertz CT molecular complexity index is 1320. The van der Waals surface area contributed by atoms with Crippen molar-refractivity contribution in [3.05, 3.63) is 64.8 Å². The second-order valence-corrected chi connectivity index (χ2v) is 10.0. The second-order valence-electron chi connectivity index (χ2n) is 8.57. The number of hydrogen-bond donors (Lipinski definition) is 2. The summed E-state index contributed by atoms with van der Waals surface area (Å²) in [5.41, 5.74) is 4.56. The number of carbonyl (C=O) groups is 1. The Morgan fingerprint density at radius 3 is 2.88 bits per heavy atom. The first kappa shape index (κ1) is 22.8. The Morgan fingerprint density at radius 1 is 1.38 bits per heavy atom. The average molecular weight is 499 g/mol. The molecule has 2 amide bonds. The van der Waals surface area contributed by atoms with E-state index in [0.717, 1.165) is 35.2 Å². The predicted molar refractivity (Wildman–Crippen MR) is 135 cm³/mol. The summed E-state index contributed by atoms with van der Waals surface area (Å²) in [5, 5.41) is 5.42. The number of urea groups is 1. The number of hydrazine groups is 1. The smallest absolute Gasteiger partial charge is 0.321 e. The van der Waals surface area contributed by atoms with E-state index in [-0.39, 0.29) is 11.8 Å². The van der Waals surface area contributed by atoms with Gasteiger partial charge in [0, 0.05) is 32.5 Å². The molecular formula is C24H24ClFN6OS. The minimum Gasteiger partial charge on any atom is -0.321 e. The van der Waals surface area contributed by atoms with Crippen LogP contribution in [0.15, 0.2) is 42.7 Å². The van der Waals surface area contributed by atoms with Gasteiger partial charge in [-0.05, 0) is 66.2 Å². The number of pyridine rings is 1. The van der Waals surface area contributed by atoms with Gasteiger partial charge in [0.05, 0.1) is 20.9 Å². The molecule has 2 aliphatic rings. The van der Waals surface area contributed by atoms with E-state index in [4.69, 9.17) is 17.4 Å². The molecule has 3 aromatic rings. The fourth-order valence-corrected chi connectivity index (χ4v) is 5.22. The number of thiazole rings is 1. The van der Waals surface area contributed by atoms with Gasteiger partial charge >= 0.3 is 6.03 Å². The lowest BCUT2D eigenvalue weighted by atomic mass is 10.0. The zero-order valence-corrected chi connectivity index (χ0v) is 20.2. The van der Waals surface area contributed by atoms with Crippen LogP contribution in [0.25, 0.3) is 21.4 Å². The first-order valence-electron chi connectivity index (χ1n) is 11.0. The van der Waals surface area contributed by atoms with Crippen molar-refractivity contribution in [1.29, 1.82) is 0 Å². The quantitative estimate of drug-likeness (QED) is 0.365. The van der Waals surface area contributed by atoms with Crippen LogP contribution in [0, 0.1) is 11.7 Å². The maximum atomic E-state index is 13.4. The largest absolute Gasteiger partial charge is 0.323 e. The third kappa shape index (κ3) is 4.91. The van der Waals surface area contributed by atoms with Crippen molar-refractivity contribution in [2.75, 3.05) is 25.5 Å². The summed E-state index contributed by atoms with van der Waals surface area (Å²) in [6.07, 6.45) is 8.71. The number of amides is 2. The van der Waals surface area contributed by atoms with E-state index < -0.39 is 0 Å². The molecule has 176 valence electrons. The molecule has 34 heavy (non-hydrogen) atoms. The fourth-order valence-electron chi connectivity index (χ4n) is 4.05. The molecule has 0 radical (unpaired) electrons. The third-order valence-corrected chi connectivity index (χ3v) is 7.12. The van der Waals surface area contributed by atoms with Crippen LogP contribution in [0.5, 0.6) is 0 Å². The number of benzene rings is 1. The van der Waals surface area contributed by atoms with Crippen LogP contribution in [0.2, 0.25) is 5.02 Å². The SMILES string of the molecule is CN(N)/C=C(/c1cnc(C2=CCN(C(=O)Nc3nc4ccc(F)cc4s3)CC2)c(Cl)c1)C1CC1. The number of nitrogens with one attached hydrogen (secondary N) is 1. The Hall–Kier alpha value is -3.01. The molecule has 7 nitrogen and oxygen atoms in total. The molecule has 1 aromatic carbocycles. The highest BCUT2D eigenvalue weighted by molar-refractivity contribution is 7.22. The van der Waals surface area contributed by atoms with Gasteiger partial charge < -0.3 is 9.91 Å². The highest BCUT2D eigenvalue weighted by Crippen LogP contribution is 2.42. The number of hydrogen-bond acceptors (Lipinski definition) is 6. The normalized spacial score (nSPS) is 16.5. The summed E-state index contributed by atoms with van der Waals surface area (Å²) < 4.78 is 14.1. The van der Waals surface area contributed by atoms with Crippen molar-refractivity contribution in [2.24, 2.45) is 11.8 Å². The van der Waals surface area contributed by atoms with Crippen LogP contribution in [0.1, 0.15) is 30.5 Å². The minimum atomic E-state index is -0.325. The summed E-state index contributed by atoms with van der Waals surface area (Å²) >= 11 is 7.87. The molecule has 1 aliphatic carbocycles. The maximum absolute atomic E-state index is 13.4. The monoisotopic (exact) mass is 498 g/mol. The van der Waals surface area contributed by atoms with Crippen LogP contribution >= 0.6 is 22.9 Å². The zero-order chi connectivity index (χ0) is 23.8. The highest BCUT2D eigenvalue weighted by Gasteiger charge is 2.28. The lowest BCUT2D eigenvalue weighted by Crippen LogP contribution is -2.37. The van der Waals surface area contributed by atoms with Crippen LogP contribution in [-0.4, -0.2) is 46.0 Å². The number of aromatic nitrogens is 2. The maximum Gasteiger partial charge on any atom is 0.323 e. The molecular weight excluding hydrogens is 475 g/mol. The number of halogens is 2. The van der Waals surface area contributed by atoms with Crippen molar-refractivity contribution in [1.82, 2.24) is 19.9 Å². The molecule has 10 heteroatoms. The fraction of sp³-hybridized carbons (Fsp3) is 0.292. The minimum absolute atomic E-state index is 0.241. The van der Waals surface area contributed by atoms with E-state index in [0.29, 0.717) is 45.8 Å². The van der Waals surface area contributed by atoms with Crippen molar-refractivity contribution in [3.63, 3.8) is 0 Å². The number of carbonyl (C=O) groups excluding carboxylic acids is 1. The molecule has 0 atom stereocenters. The van der Waals surface area contributed by atoms with Crippen molar-refractivity contribution >= 4 is 55.5 Å². The first-order chi connectivity index (χ1) is 16.4. The van der Waals surface area contributed by atoms with Gasteiger partial charge in [0.15, 0.2) is 5.13 Å². The number of anilines is 1. The molecule has 1 saturated carbocycles. The number of rotatable bonds is 5. The van der Waals surface area contributed by atoms with E-state index in [9.17, 15) is 9.18 Å². The van der Waals surface area contributed by atoms with Crippen molar-refractivity contribution < 1.29 is 9.18 Å². The van der Waals surface area contributed by atoms with E-state index in [2.05, 4.69) is 15.3 Å². The summed E-state index contributed by atoms with van der Waals surface area (Å²) in [4.78, 5) is 23.4. The van der Waals surface area contributed by atoms with Crippen LogP contribution in [0.4, 0.5) is 14.3 Å². The van der Waals surface area contributed by atoms with E-state index in [1.165, 1.54) is 23.5 Å². The van der Waals surface area contributed by atoms with Crippen molar-refractivity contribution in [3.8, 4) is 0 Å².